The maximum atomic E-state index is 13.3. The maximum Gasteiger partial charge on any atom is 0.266 e. The SMILES string of the molecule is CNC(=O)c1cccc(-c2ccc3cnc(Nc4cnn(C5CCN(CCCCCCCCCOc6cccc7c6C(=O)N(C6CCC(=O)NC6=O)C7=O)CC5)c4)nn23)c1. The van der Waals surface area contributed by atoms with Gasteiger partial charge in [0.25, 0.3) is 17.7 Å². The van der Waals surface area contributed by atoms with E-state index in [0.29, 0.717) is 29.9 Å². The van der Waals surface area contributed by atoms with Gasteiger partial charge < -0.3 is 20.3 Å². The standard InChI is InChI=1S/C44H50N10O6/c1-45-40(56)30-12-9-11-29(25-30)35-16-15-33-27-46-44(50-54(33)35)48-31-26-47-52(28-31)32-19-22-51(23-20-32)21-7-5-3-2-4-6-8-24-60-37-14-10-13-34-39(37)43(59)53(42(34)58)36-17-18-38(55)49-41(36)57/h9-16,25-28,32,36H,2-8,17-24H2,1H3,(H,45,56)(H,48,50)(H,49,55,57). The number of ether oxygens (including phenoxy) is 1. The van der Waals surface area contributed by atoms with Crippen LogP contribution in [0, 0.1) is 0 Å². The van der Waals surface area contributed by atoms with Crippen LogP contribution in [-0.4, -0.2) is 103 Å². The lowest BCUT2D eigenvalue weighted by atomic mass is 10.0. The van der Waals surface area contributed by atoms with Gasteiger partial charge >= 0.3 is 0 Å². The average Bonchev–Trinajstić information content (AvgIpc) is 3.98. The number of hydrogen-bond acceptors (Lipinski definition) is 11. The van der Waals surface area contributed by atoms with Crippen LogP contribution in [-0.2, 0) is 9.59 Å². The molecule has 3 N–H and O–H groups in total. The Morgan fingerprint density at radius 3 is 2.47 bits per heavy atom. The second kappa shape index (κ2) is 18.2. The summed E-state index contributed by atoms with van der Waals surface area (Å²) in [5.41, 5.74) is 4.42. The lowest BCUT2D eigenvalue weighted by molar-refractivity contribution is -0.136. The van der Waals surface area contributed by atoms with E-state index < -0.39 is 29.7 Å². The largest absolute Gasteiger partial charge is 0.493 e. The summed E-state index contributed by atoms with van der Waals surface area (Å²) in [4.78, 5) is 70.5. The maximum absolute atomic E-state index is 13.3. The number of hydrogen-bond donors (Lipinski definition) is 3. The van der Waals surface area contributed by atoms with Crippen molar-refractivity contribution in [3.8, 4) is 17.0 Å². The van der Waals surface area contributed by atoms with E-state index in [4.69, 9.17) is 9.84 Å². The number of carbonyl (C=O) groups is 5. The van der Waals surface area contributed by atoms with Gasteiger partial charge in [0.2, 0.25) is 17.8 Å². The number of rotatable bonds is 17. The van der Waals surface area contributed by atoms with Gasteiger partial charge in [-0.25, -0.2) is 9.50 Å². The number of nitrogens with one attached hydrogen (secondary N) is 3. The molecule has 2 aromatic carbocycles. The van der Waals surface area contributed by atoms with Gasteiger partial charge in [-0.15, -0.1) is 5.10 Å². The molecular formula is C44H50N10O6. The van der Waals surface area contributed by atoms with Crippen LogP contribution in [0.1, 0.15) is 108 Å². The predicted octanol–water partition coefficient (Wildman–Crippen LogP) is 5.54. The molecule has 5 aromatic rings. The molecule has 2 saturated heterocycles. The average molecular weight is 815 g/mol. The molecule has 1 unspecified atom stereocenters. The van der Waals surface area contributed by atoms with Crippen LogP contribution in [0.15, 0.2) is 73.2 Å². The fraction of sp³-hybridized carbons (Fsp3) is 0.409. The normalized spacial score (nSPS) is 17.3. The molecule has 0 aliphatic carbocycles. The van der Waals surface area contributed by atoms with Crippen molar-refractivity contribution in [1.82, 2.24) is 44.8 Å². The molecule has 0 saturated carbocycles. The number of aromatic nitrogens is 5. The number of benzene rings is 2. The number of fused-ring (bicyclic) bond motifs is 2. The summed E-state index contributed by atoms with van der Waals surface area (Å²) >= 11 is 0. The molecule has 0 bridgehead atoms. The summed E-state index contributed by atoms with van der Waals surface area (Å²) in [6.45, 7) is 3.63. The zero-order chi connectivity index (χ0) is 41.6. The Bertz CT molecular complexity index is 2400. The van der Waals surface area contributed by atoms with Crippen LogP contribution in [0.2, 0.25) is 0 Å². The van der Waals surface area contributed by atoms with Crippen LogP contribution in [0.3, 0.4) is 0 Å². The van der Waals surface area contributed by atoms with Gasteiger partial charge in [0.15, 0.2) is 0 Å². The lowest BCUT2D eigenvalue weighted by Gasteiger charge is -2.32. The third-order valence-corrected chi connectivity index (χ3v) is 11.6. The number of imide groups is 2. The fourth-order valence-corrected chi connectivity index (χ4v) is 8.39. The number of likely N-dealkylation sites (tertiary alicyclic amines) is 1. The zero-order valence-corrected chi connectivity index (χ0v) is 33.8. The van der Waals surface area contributed by atoms with Crippen LogP contribution >= 0.6 is 0 Å². The molecule has 16 heteroatoms. The first-order valence-electron chi connectivity index (χ1n) is 21.0. The minimum absolute atomic E-state index is 0.0799. The highest BCUT2D eigenvalue weighted by Gasteiger charge is 2.46. The highest BCUT2D eigenvalue weighted by molar-refractivity contribution is 6.24. The summed E-state index contributed by atoms with van der Waals surface area (Å²) in [5.74, 6) is -1.44. The molecule has 1 atom stereocenters. The smallest absolute Gasteiger partial charge is 0.266 e. The van der Waals surface area contributed by atoms with Crippen LogP contribution in [0.25, 0.3) is 16.8 Å². The van der Waals surface area contributed by atoms with E-state index in [1.807, 2.05) is 47.2 Å². The predicted molar refractivity (Wildman–Crippen MR) is 223 cm³/mol. The van der Waals surface area contributed by atoms with Crippen molar-refractivity contribution < 1.29 is 28.7 Å². The topological polar surface area (TPSA) is 185 Å². The van der Waals surface area contributed by atoms with E-state index in [1.165, 1.54) is 19.3 Å². The summed E-state index contributed by atoms with van der Waals surface area (Å²) in [6, 6.07) is 15.7. The van der Waals surface area contributed by atoms with Crippen molar-refractivity contribution >= 4 is 46.7 Å². The van der Waals surface area contributed by atoms with E-state index in [0.717, 1.165) is 85.5 Å². The lowest BCUT2D eigenvalue weighted by Crippen LogP contribution is -2.54. The first kappa shape index (κ1) is 40.4. The van der Waals surface area contributed by atoms with Crippen molar-refractivity contribution in [2.75, 3.05) is 38.6 Å². The minimum atomic E-state index is -0.998. The molecule has 2 fully saturated rings. The van der Waals surface area contributed by atoms with Gasteiger partial charge in [-0.3, -0.25) is 38.9 Å². The Balaban J connectivity index is 0.709. The first-order chi connectivity index (χ1) is 29.3. The molecule has 312 valence electrons. The van der Waals surface area contributed by atoms with Crippen molar-refractivity contribution in [2.24, 2.45) is 0 Å². The molecule has 0 spiro atoms. The molecule has 16 nitrogen and oxygen atoms in total. The summed E-state index contributed by atoms with van der Waals surface area (Å²) in [5, 5.41) is 17.6. The molecule has 0 radical (unpaired) electrons. The number of nitrogens with zero attached hydrogens (tertiary/aromatic N) is 7. The number of anilines is 2. The van der Waals surface area contributed by atoms with E-state index in [2.05, 4.69) is 35.6 Å². The monoisotopic (exact) mass is 814 g/mol. The Hall–Kier alpha value is -6.42. The van der Waals surface area contributed by atoms with Gasteiger partial charge in [-0.1, -0.05) is 50.3 Å². The van der Waals surface area contributed by atoms with Crippen LogP contribution in [0.5, 0.6) is 5.75 Å². The van der Waals surface area contributed by atoms with Crippen molar-refractivity contribution in [3.63, 3.8) is 0 Å². The Labute approximate surface area is 347 Å². The van der Waals surface area contributed by atoms with Crippen molar-refractivity contribution in [1.29, 1.82) is 0 Å². The molecule has 3 aromatic heterocycles. The molecule has 3 aliphatic rings. The first-order valence-corrected chi connectivity index (χ1v) is 21.0. The number of carbonyl (C=O) groups excluding carboxylic acids is 5. The van der Waals surface area contributed by atoms with Gasteiger partial charge in [0, 0.05) is 43.9 Å². The van der Waals surface area contributed by atoms with Gasteiger partial charge in [-0.2, -0.15) is 5.10 Å². The van der Waals surface area contributed by atoms with Gasteiger partial charge in [0.05, 0.1) is 53.1 Å². The molecule has 5 amide bonds. The molecule has 8 rings (SSSR count). The molecule has 6 heterocycles. The van der Waals surface area contributed by atoms with E-state index in [-0.39, 0.29) is 29.9 Å². The van der Waals surface area contributed by atoms with Crippen molar-refractivity contribution in [3.05, 3.63) is 89.9 Å². The van der Waals surface area contributed by atoms with Crippen LogP contribution < -0.4 is 20.7 Å². The number of amides is 5. The van der Waals surface area contributed by atoms with E-state index >= 15 is 0 Å². The quantitative estimate of drug-likeness (QED) is 0.0791. The second-order valence-corrected chi connectivity index (χ2v) is 15.7. The number of piperidine rings is 2. The Morgan fingerprint density at radius 1 is 0.883 bits per heavy atom. The summed E-state index contributed by atoms with van der Waals surface area (Å²) in [6.07, 6.45) is 15.6. The molecule has 60 heavy (non-hydrogen) atoms. The Morgan fingerprint density at radius 2 is 1.67 bits per heavy atom. The molecule has 3 aliphatic heterocycles. The van der Waals surface area contributed by atoms with Crippen LogP contribution in [0.4, 0.5) is 11.6 Å². The Kier molecular flexibility index (Phi) is 12.3. The van der Waals surface area contributed by atoms with E-state index in [9.17, 15) is 24.0 Å². The van der Waals surface area contributed by atoms with Crippen molar-refractivity contribution in [2.45, 2.75) is 82.7 Å². The van der Waals surface area contributed by atoms with Gasteiger partial charge in [0.1, 0.15) is 11.8 Å². The fourth-order valence-electron chi connectivity index (χ4n) is 8.39. The third-order valence-electron chi connectivity index (χ3n) is 11.6. The third kappa shape index (κ3) is 8.78. The highest BCUT2D eigenvalue weighted by atomic mass is 16.5. The number of unbranched alkanes of at least 4 members (excludes halogenated alkanes) is 6. The highest BCUT2D eigenvalue weighted by Crippen LogP contribution is 2.34. The molecular weight excluding hydrogens is 765 g/mol. The second-order valence-electron chi connectivity index (χ2n) is 15.7. The minimum Gasteiger partial charge on any atom is -0.493 e. The van der Waals surface area contributed by atoms with E-state index in [1.54, 1.807) is 37.5 Å². The zero-order valence-electron chi connectivity index (χ0n) is 33.8. The van der Waals surface area contributed by atoms with Gasteiger partial charge in [-0.05, 0) is 75.0 Å². The summed E-state index contributed by atoms with van der Waals surface area (Å²) in [7, 11) is 1.62. The summed E-state index contributed by atoms with van der Waals surface area (Å²) < 4.78 is 9.86.